The van der Waals surface area contributed by atoms with Crippen LogP contribution in [0.25, 0.3) is 11.4 Å². The lowest BCUT2D eigenvalue weighted by molar-refractivity contribution is 0.0923. The molecule has 1 amide bonds. The number of aryl methyl sites for hydroxylation is 1. The second-order valence-electron chi connectivity index (χ2n) is 5.85. The standard InChI is InChI=1S/C17H18F2N6O3/c1-4-27-13-7-10(5-6-20-13)15-22-17(28-24-15)9(2)21-16(26)12-8-11(14(18)19)23-25(12)3/h5-9,14H,4H2,1-3H3,(H,21,26)/t9-/m0/s1. The van der Waals surface area contributed by atoms with E-state index >= 15 is 0 Å². The van der Waals surface area contributed by atoms with E-state index in [1.54, 1.807) is 25.3 Å². The summed E-state index contributed by atoms with van der Waals surface area (Å²) >= 11 is 0. The zero-order valence-electron chi connectivity index (χ0n) is 15.4. The van der Waals surface area contributed by atoms with E-state index < -0.39 is 24.1 Å². The van der Waals surface area contributed by atoms with Crippen molar-refractivity contribution in [3.63, 3.8) is 0 Å². The average molecular weight is 392 g/mol. The Kier molecular flexibility index (Phi) is 5.62. The molecule has 0 bridgehead atoms. The SMILES string of the molecule is CCOc1cc(-c2noc([C@H](C)NC(=O)c3cc(C(F)F)nn3C)n2)ccn1. The first-order valence-corrected chi connectivity index (χ1v) is 8.44. The number of carbonyl (C=O) groups excluding carboxylic acids is 1. The number of nitrogens with zero attached hydrogens (tertiary/aromatic N) is 5. The van der Waals surface area contributed by atoms with Crippen LogP contribution in [0.2, 0.25) is 0 Å². The van der Waals surface area contributed by atoms with E-state index in [0.29, 0.717) is 23.9 Å². The van der Waals surface area contributed by atoms with Crippen molar-refractivity contribution in [1.82, 2.24) is 30.2 Å². The van der Waals surface area contributed by atoms with Crippen molar-refractivity contribution in [3.05, 3.63) is 41.7 Å². The average Bonchev–Trinajstić information content (AvgIpc) is 3.29. The number of nitrogens with one attached hydrogen (secondary N) is 1. The molecule has 0 aliphatic rings. The first kappa shape index (κ1) is 19.4. The normalized spacial score (nSPS) is 12.2. The molecule has 0 aromatic carbocycles. The Bertz CT molecular complexity index is 971. The fourth-order valence-corrected chi connectivity index (χ4v) is 2.44. The van der Waals surface area contributed by atoms with Crippen LogP contribution in [-0.4, -0.2) is 37.4 Å². The van der Waals surface area contributed by atoms with Crippen LogP contribution in [0.1, 0.15) is 48.4 Å². The number of pyridine rings is 1. The smallest absolute Gasteiger partial charge is 0.282 e. The maximum atomic E-state index is 12.7. The van der Waals surface area contributed by atoms with Crippen LogP contribution < -0.4 is 10.1 Å². The van der Waals surface area contributed by atoms with Crippen molar-refractivity contribution in [2.45, 2.75) is 26.3 Å². The molecule has 0 radical (unpaired) electrons. The van der Waals surface area contributed by atoms with Crippen LogP contribution in [0.4, 0.5) is 8.78 Å². The number of ether oxygens (including phenoxy) is 1. The first-order chi connectivity index (χ1) is 13.4. The number of halogens is 2. The second kappa shape index (κ2) is 8.11. The summed E-state index contributed by atoms with van der Waals surface area (Å²) < 4.78 is 37.1. The molecule has 3 aromatic heterocycles. The predicted molar refractivity (Wildman–Crippen MR) is 92.7 cm³/mol. The van der Waals surface area contributed by atoms with E-state index in [9.17, 15) is 13.6 Å². The summed E-state index contributed by atoms with van der Waals surface area (Å²) in [5, 5.41) is 10.1. The summed E-state index contributed by atoms with van der Waals surface area (Å²) in [4.78, 5) is 20.7. The van der Waals surface area contributed by atoms with Crippen LogP contribution in [0.15, 0.2) is 28.9 Å². The van der Waals surface area contributed by atoms with Crippen LogP contribution in [0.5, 0.6) is 5.88 Å². The van der Waals surface area contributed by atoms with Gasteiger partial charge in [-0.2, -0.15) is 10.1 Å². The number of amides is 1. The Labute approximate surface area is 158 Å². The lowest BCUT2D eigenvalue weighted by Crippen LogP contribution is -2.28. The fourth-order valence-electron chi connectivity index (χ4n) is 2.44. The molecule has 0 aliphatic carbocycles. The van der Waals surface area contributed by atoms with Crippen LogP contribution in [-0.2, 0) is 7.05 Å². The Balaban J connectivity index is 1.73. The molecule has 11 heteroatoms. The van der Waals surface area contributed by atoms with Gasteiger partial charge in [0.25, 0.3) is 12.3 Å². The minimum absolute atomic E-state index is 0.00243. The molecule has 0 unspecified atom stereocenters. The third-order valence-electron chi connectivity index (χ3n) is 3.80. The van der Waals surface area contributed by atoms with Gasteiger partial charge in [-0.1, -0.05) is 5.16 Å². The Morgan fingerprint density at radius 1 is 1.39 bits per heavy atom. The fraction of sp³-hybridized carbons (Fsp3) is 0.353. The largest absolute Gasteiger partial charge is 0.478 e. The monoisotopic (exact) mass is 392 g/mol. The van der Waals surface area contributed by atoms with E-state index in [0.717, 1.165) is 10.7 Å². The van der Waals surface area contributed by atoms with Gasteiger partial charge in [0.1, 0.15) is 17.4 Å². The quantitative estimate of drug-likeness (QED) is 0.658. The minimum atomic E-state index is -2.76. The van der Waals surface area contributed by atoms with Gasteiger partial charge < -0.3 is 14.6 Å². The molecule has 0 spiro atoms. The second-order valence-corrected chi connectivity index (χ2v) is 5.85. The molecule has 0 saturated heterocycles. The van der Waals surface area contributed by atoms with Crippen molar-refractivity contribution in [2.75, 3.05) is 6.61 Å². The van der Waals surface area contributed by atoms with Gasteiger partial charge in [0.15, 0.2) is 0 Å². The molecule has 0 aliphatic heterocycles. The highest BCUT2D eigenvalue weighted by Crippen LogP contribution is 2.22. The number of rotatable bonds is 7. The molecular weight excluding hydrogens is 374 g/mol. The van der Waals surface area contributed by atoms with Crippen LogP contribution in [0.3, 0.4) is 0 Å². The predicted octanol–water partition coefficient (Wildman–Crippen LogP) is 2.69. The summed E-state index contributed by atoms with van der Waals surface area (Å²) in [6.45, 7) is 3.95. The topological polar surface area (TPSA) is 108 Å². The van der Waals surface area contributed by atoms with Crippen molar-refractivity contribution in [1.29, 1.82) is 0 Å². The first-order valence-electron chi connectivity index (χ1n) is 8.44. The highest BCUT2D eigenvalue weighted by molar-refractivity contribution is 5.92. The number of hydrogen-bond acceptors (Lipinski definition) is 7. The van der Waals surface area contributed by atoms with Gasteiger partial charge in [-0.05, 0) is 26.0 Å². The molecule has 1 N–H and O–H groups in total. The van der Waals surface area contributed by atoms with E-state index in [1.165, 1.54) is 7.05 Å². The highest BCUT2D eigenvalue weighted by Gasteiger charge is 2.22. The Hall–Kier alpha value is -3.37. The third-order valence-corrected chi connectivity index (χ3v) is 3.80. The van der Waals surface area contributed by atoms with Gasteiger partial charge in [0.05, 0.1) is 6.61 Å². The summed E-state index contributed by atoms with van der Waals surface area (Å²) in [6, 6.07) is 3.76. The van der Waals surface area contributed by atoms with Gasteiger partial charge in [-0.3, -0.25) is 9.48 Å². The van der Waals surface area contributed by atoms with Gasteiger partial charge in [-0.15, -0.1) is 0 Å². The maximum absolute atomic E-state index is 12.7. The number of alkyl halides is 2. The molecule has 9 nitrogen and oxygen atoms in total. The van der Waals surface area contributed by atoms with Crippen LogP contribution in [0, 0.1) is 0 Å². The van der Waals surface area contributed by atoms with E-state index in [4.69, 9.17) is 9.26 Å². The number of aromatic nitrogens is 5. The molecular formula is C17H18F2N6O3. The van der Waals surface area contributed by atoms with Crippen molar-refractivity contribution < 1.29 is 22.8 Å². The summed E-state index contributed by atoms with van der Waals surface area (Å²) in [5.41, 5.74) is 0.167. The Morgan fingerprint density at radius 2 is 2.18 bits per heavy atom. The minimum Gasteiger partial charge on any atom is -0.478 e. The zero-order valence-corrected chi connectivity index (χ0v) is 15.4. The Morgan fingerprint density at radius 3 is 2.86 bits per heavy atom. The van der Waals surface area contributed by atoms with Gasteiger partial charge in [-0.25, -0.2) is 13.8 Å². The van der Waals surface area contributed by atoms with Crippen LogP contribution >= 0.6 is 0 Å². The number of hydrogen-bond donors (Lipinski definition) is 1. The van der Waals surface area contributed by atoms with Crippen molar-refractivity contribution >= 4 is 5.91 Å². The molecule has 0 saturated carbocycles. The van der Waals surface area contributed by atoms with E-state index in [-0.39, 0.29) is 11.6 Å². The van der Waals surface area contributed by atoms with Gasteiger partial charge >= 0.3 is 0 Å². The molecule has 3 aromatic rings. The molecule has 28 heavy (non-hydrogen) atoms. The summed E-state index contributed by atoms with van der Waals surface area (Å²) in [6.07, 6.45) is -1.20. The van der Waals surface area contributed by atoms with Gasteiger partial charge in [0.2, 0.25) is 17.6 Å². The van der Waals surface area contributed by atoms with E-state index in [1.807, 2.05) is 6.92 Å². The lowest BCUT2D eigenvalue weighted by Gasteiger charge is -2.09. The molecule has 3 heterocycles. The third kappa shape index (κ3) is 4.13. The van der Waals surface area contributed by atoms with E-state index in [2.05, 4.69) is 25.5 Å². The maximum Gasteiger partial charge on any atom is 0.282 e. The highest BCUT2D eigenvalue weighted by atomic mass is 19.3. The lowest BCUT2D eigenvalue weighted by atomic mass is 10.2. The molecule has 3 rings (SSSR count). The zero-order chi connectivity index (χ0) is 20.3. The molecule has 148 valence electrons. The molecule has 1 atom stereocenters. The summed E-state index contributed by atoms with van der Waals surface area (Å²) in [7, 11) is 1.41. The van der Waals surface area contributed by atoms with Gasteiger partial charge in [0, 0.05) is 24.9 Å². The van der Waals surface area contributed by atoms with Crippen molar-refractivity contribution in [3.8, 4) is 17.3 Å². The van der Waals surface area contributed by atoms with Crippen molar-refractivity contribution in [2.24, 2.45) is 7.05 Å². The summed E-state index contributed by atoms with van der Waals surface area (Å²) in [5.74, 6) is 0.310. The molecule has 0 fully saturated rings. The number of carbonyl (C=O) groups is 1.